The number of fused-ring (bicyclic) bond motifs is 1. The maximum atomic E-state index is 14.7. The number of hydrogen-bond acceptors (Lipinski definition) is 5. The smallest absolute Gasteiger partial charge is 0.250 e. The Labute approximate surface area is 274 Å². The minimum Gasteiger partial charge on any atom is -0.541 e. The van der Waals surface area contributed by atoms with Gasteiger partial charge >= 0.3 is 0 Å². The van der Waals surface area contributed by atoms with Gasteiger partial charge in [-0.25, -0.2) is 0 Å². The average Bonchev–Trinajstić information content (AvgIpc) is 2.90. The van der Waals surface area contributed by atoms with Gasteiger partial charge < -0.3 is 17.7 Å². The van der Waals surface area contributed by atoms with Crippen molar-refractivity contribution in [1.82, 2.24) is 0 Å². The molecule has 0 heterocycles. The van der Waals surface area contributed by atoms with Gasteiger partial charge in [-0.1, -0.05) is 95.2 Å². The molecular weight excluding hydrogens is 613 g/mol. The van der Waals surface area contributed by atoms with Gasteiger partial charge in [-0.2, -0.15) is 0 Å². The Morgan fingerprint density at radius 3 is 1.20 bits per heavy atom. The molecule has 0 fully saturated rings. The molecule has 2 rings (SSSR count). The van der Waals surface area contributed by atoms with Crippen LogP contribution in [0.4, 0.5) is 0 Å². The third kappa shape index (κ3) is 8.04. The van der Waals surface area contributed by atoms with Crippen molar-refractivity contribution in [3.8, 4) is 23.0 Å². The van der Waals surface area contributed by atoms with Crippen LogP contribution in [0.1, 0.15) is 83.1 Å². The van der Waals surface area contributed by atoms with E-state index in [1.165, 1.54) is 0 Å². The summed E-state index contributed by atoms with van der Waals surface area (Å²) in [6, 6.07) is 7.74. The molecular formula is C35H64O5Si4. The van der Waals surface area contributed by atoms with E-state index in [0.29, 0.717) is 28.4 Å². The van der Waals surface area contributed by atoms with Gasteiger partial charge in [0.05, 0.1) is 5.39 Å². The van der Waals surface area contributed by atoms with Crippen LogP contribution in [0.3, 0.4) is 0 Å². The first-order valence-corrected chi connectivity index (χ1v) is 27.8. The molecule has 0 amide bonds. The average molecular weight is 677 g/mol. The molecule has 0 saturated carbocycles. The molecule has 0 aliphatic rings. The second-order valence-electron chi connectivity index (χ2n) is 18.7. The Morgan fingerprint density at radius 1 is 0.477 bits per heavy atom. The zero-order chi connectivity index (χ0) is 34.7. The summed E-state index contributed by atoms with van der Waals surface area (Å²) in [5.41, 5.74) is -0.164. The molecule has 0 atom stereocenters. The standard InChI is InChI=1S/C35H64O5Si4/c1-32(2,3)41(13,14)37-26-23-21-22-25-24-27(38-42(15,16)33(4,5)6)30(39-43(17,18)34(7,8)9)31(28(25)29(26)36)40-44(19,20)35(10,11)12/h21-24H,1-20H3. The van der Waals surface area contributed by atoms with E-state index in [9.17, 15) is 4.79 Å². The Hall–Kier alpha value is -1.56. The van der Waals surface area contributed by atoms with Crippen LogP contribution >= 0.6 is 0 Å². The highest BCUT2D eigenvalue weighted by molar-refractivity contribution is 6.76. The van der Waals surface area contributed by atoms with Crippen molar-refractivity contribution in [3.63, 3.8) is 0 Å². The highest BCUT2D eigenvalue weighted by atomic mass is 28.4. The van der Waals surface area contributed by atoms with Gasteiger partial charge in [0.15, 0.2) is 17.2 Å². The zero-order valence-corrected chi connectivity index (χ0v) is 35.9. The van der Waals surface area contributed by atoms with E-state index in [1.54, 1.807) is 0 Å². The first kappa shape index (κ1) is 38.6. The predicted molar refractivity (Wildman–Crippen MR) is 202 cm³/mol. The molecule has 9 heteroatoms. The molecule has 0 aliphatic heterocycles. The van der Waals surface area contributed by atoms with Crippen LogP contribution in [-0.4, -0.2) is 33.3 Å². The summed E-state index contributed by atoms with van der Waals surface area (Å²) >= 11 is 0. The molecule has 0 spiro atoms. The molecule has 0 bridgehead atoms. The minimum atomic E-state index is -2.46. The molecule has 0 unspecified atom stereocenters. The number of hydrogen-bond donors (Lipinski definition) is 0. The van der Waals surface area contributed by atoms with Gasteiger partial charge in [0.25, 0.3) is 33.3 Å². The Bertz CT molecular complexity index is 1420. The van der Waals surface area contributed by atoms with E-state index >= 15 is 0 Å². The van der Waals surface area contributed by atoms with Gasteiger partial charge in [0.2, 0.25) is 5.43 Å². The first-order chi connectivity index (χ1) is 19.3. The van der Waals surface area contributed by atoms with Crippen LogP contribution in [-0.2, 0) is 0 Å². The molecule has 44 heavy (non-hydrogen) atoms. The predicted octanol–water partition coefficient (Wildman–Crippen LogP) is 11.7. The van der Waals surface area contributed by atoms with Crippen molar-refractivity contribution in [1.29, 1.82) is 0 Å². The van der Waals surface area contributed by atoms with Crippen LogP contribution < -0.4 is 23.1 Å². The lowest BCUT2D eigenvalue weighted by Crippen LogP contribution is -2.47. The third-order valence-electron chi connectivity index (χ3n) is 10.9. The summed E-state index contributed by atoms with van der Waals surface area (Å²) in [4.78, 5) is 14.7. The van der Waals surface area contributed by atoms with Crippen molar-refractivity contribution in [3.05, 3.63) is 34.5 Å². The molecule has 5 nitrogen and oxygen atoms in total. The fraction of sp³-hybridized carbons (Fsp3) is 0.686. The SMILES string of the molecule is CC(C)(C)[Si](C)(C)Oc1cc2cccc(O[Si](C)(C)C(C)(C)C)c(=O)c2c(O[Si](C)(C)C(C)(C)C)c1O[Si](C)(C)C(C)(C)C. The fourth-order valence-corrected chi connectivity index (χ4v) is 7.51. The molecule has 0 N–H and O–H groups in total. The maximum Gasteiger partial charge on any atom is 0.250 e. The Balaban J connectivity index is 3.23. The minimum absolute atomic E-state index is 0.0358. The topological polar surface area (TPSA) is 54.0 Å². The van der Waals surface area contributed by atoms with Gasteiger partial charge in [-0.15, -0.1) is 0 Å². The third-order valence-corrected chi connectivity index (χ3v) is 28.2. The normalized spacial score (nSPS) is 14.5. The van der Waals surface area contributed by atoms with Crippen LogP contribution in [0, 0.1) is 0 Å². The number of rotatable bonds is 8. The van der Waals surface area contributed by atoms with Gasteiger partial charge in [-0.3, -0.25) is 4.79 Å². The summed E-state index contributed by atoms with van der Waals surface area (Å²) in [5.74, 6) is 2.11. The van der Waals surface area contributed by atoms with Crippen molar-refractivity contribution in [2.45, 2.75) is 156 Å². The highest BCUT2D eigenvalue weighted by Crippen LogP contribution is 2.52. The molecule has 0 aliphatic carbocycles. The van der Waals surface area contributed by atoms with Gasteiger partial charge in [0.1, 0.15) is 5.75 Å². The Morgan fingerprint density at radius 2 is 0.818 bits per heavy atom. The fourth-order valence-electron chi connectivity index (χ4n) is 3.46. The van der Waals surface area contributed by atoms with Crippen molar-refractivity contribution in [2.24, 2.45) is 0 Å². The Kier molecular flexibility index (Phi) is 10.5. The van der Waals surface area contributed by atoms with Crippen LogP contribution in [0.5, 0.6) is 23.0 Å². The first-order valence-electron chi connectivity index (χ1n) is 16.2. The molecule has 0 aromatic heterocycles. The second-order valence-corrected chi connectivity index (χ2v) is 37.6. The largest absolute Gasteiger partial charge is 0.541 e. The van der Waals surface area contributed by atoms with Gasteiger partial charge in [0, 0.05) is 0 Å². The molecule has 2 aromatic carbocycles. The second kappa shape index (κ2) is 11.9. The van der Waals surface area contributed by atoms with E-state index in [4.69, 9.17) is 17.7 Å². The summed E-state index contributed by atoms with van der Waals surface area (Å²) in [6.07, 6.45) is 0. The van der Waals surface area contributed by atoms with E-state index in [-0.39, 0.29) is 25.6 Å². The van der Waals surface area contributed by atoms with Crippen LogP contribution in [0.25, 0.3) is 10.8 Å². The maximum absolute atomic E-state index is 14.7. The molecule has 0 saturated heterocycles. The van der Waals surface area contributed by atoms with Crippen molar-refractivity contribution in [2.75, 3.05) is 0 Å². The quantitative estimate of drug-likeness (QED) is 0.260. The van der Waals surface area contributed by atoms with Gasteiger partial charge in [-0.05, 0) is 90.0 Å². The van der Waals surface area contributed by atoms with E-state index < -0.39 is 33.3 Å². The summed E-state index contributed by atoms with van der Waals surface area (Å²) in [7, 11) is -9.48. The highest BCUT2D eigenvalue weighted by Gasteiger charge is 2.46. The number of benzene rings is 1. The van der Waals surface area contributed by atoms with E-state index in [0.717, 1.165) is 5.39 Å². The summed E-state index contributed by atoms with van der Waals surface area (Å²) < 4.78 is 28.2. The lowest BCUT2D eigenvalue weighted by atomic mass is 10.1. The van der Waals surface area contributed by atoms with E-state index in [1.807, 2.05) is 24.3 Å². The van der Waals surface area contributed by atoms with Crippen molar-refractivity contribution < 1.29 is 17.7 Å². The lowest BCUT2D eigenvalue weighted by molar-refractivity contribution is 0.415. The van der Waals surface area contributed by atoms with E-state index in [2.05, 4.69) is 135 Å². The monoisotopic (exact) mass is 676 g/mol. The molecule has 0 radical (unpaired) electrons. The lowest BCUT2D eigenvalue weighted by Gasteiger charge is -2.42. The zero-order valence-electron chi connectivity index (χ0n) is 31.9. The van der Waals surface area contributed by atoms with Crippen LogP contribution in [0.2, 0.25) is 72.5 Å². The summed E-state index contributed by atoms with van der Waals surface area (Å²) in [6.45, 7) is 44.4. The molecule has 2 aromatic rings. The van der Waals surface area contributed by atoms with Crippen LogP contribution in [0.15, 0.2) is 29.1 Å². The van der Waals surface area contributed by atoms with Crippen molar-refractivity contribution >= 4 is 44.0 Å². The molecule has 250 valence electrons. The summed E-state index contributed by atoms with van der Waals surface area (Å²) in [5, 5.41) is 0.985.